The van der Waals surface area contributed by atoms with Gasteiger partial charge in [-0.3, -0.25) is 0 Å². The van der Waals surface area contributed by atoms with Gasteiger partial charge in [-0.15, -0.1) is 0 Å². The molecule has 0 saturated carbocycles. The molecule has 12 rings (SSSR count). The molecule has 2 nitrogen and oxygen atoms in total. The number of benzene rings is 10. The van der Waals surface area contributed by atoms with Crippen molar-refractivity contribution >= 4 is 39.0 Å². The Kier molecular flexibility index (Phi) is 9.21. The second-order valence-corrected chi connectivity index (χ2v) is 17.5. The molecular weight excluding hydrogens is 787 g/mol. The van der Waals surface area contributed by atoms with Crippen molar-refractivity contribution in [1.82, 2.24) is 0 Å². The Bertz CT molecular complexity index is 3590. The monoisotopic (exact) mass is 831 g/mol. The minimum atomic E-state index is -0.138. The highest BCUT2D eigenvalue weighted by molar-refractivity contribution is 6.11. The topological polar surface area (TPSA) is 16.4 Å². The second kappa shape index (κ2) is 15.6. The lowest BCUT2D eigenvalue weighted by molar-refractivity contribution is 0.660. The van der Waals surface area contributed by atoms with Gasteiger partial charge in [-0.2, -0.15) is 0 Å². The van der Waals surface area contributed by atoms with E-state index in [0.29, 0.717) is 0 Å². The number of hydrogen-bond donors (Lipinski definition) is 0. The number of para-hydroxylation sites is 5. The summed E-state index contributed by atoms with van der Waals surface area (Å²) < 4.78 is 6.77. The summed E-state index contributed by atoms with van der Waals surface area (Å²) in [5.41, 5.74) is 21.7. The van der Waals surface area contributed by atoms with E-state index in [1.807, 2.05) is 6.07 Å². The normalized spacial score (nSPS) is 12.6. The van der Waals surface area contributed by atoms with Gasteiger partial charge >= 0.3 is 0 Å². The lowest BCUT2D eigenvalue weighted by Gasteiger charge is -2.32. The Hall–Kier alpha value is -8.20. The molecule has 1 heterocycles. The SMILES string of the molecule is CC1(C)c2ccccc2-c2c(-c3ccccc3N(c3ccccc3-c3ccccc3-c3ccccc3-c3ccccc3)c3ccccc3-c3cccc4c3oc3ccccc34)cccc21. The first-order chi connectivity index (χ1) is 32.1. The molecule has 0 bridgehead atoms. The van der Waals surface area contributed by atoms with Crippen molar-refractivity contribution in [3.63, 3.8) is 0 Å². The van der Waals surface area contributed by atoms with E-state index in [-0.39, 0.29) is 5.41 Å². The second-order valence-electron chi connectivity index (χ2n) is 17.5. The number of nitrogens with zero attached hydrogens (tertiary/aromatic N) is 1. The number of furan rings is 1. The van der Waals surface area contributed by atoms with Crippen LogP contribution in [0.3, 0.4) is 0 Å². The van der Waals surface area contributed by atoms with Crippen LogP contribution in [0.1, 0.15) is 25.0 Å². The van der Waals surface area contributed by atoms with E-state index in [2.05, 4.69) is 249 Å². The number of rotatable bonds is 8. The van der Waals surface area contributed by atoms with Gasteiger partial charge in [-0.1, -0.05) is 226 Å². The zero-order valence-electron chi connectivity index (χ0n) is 36.4. The predicted octanol–water partition coefficient (Wildman–Crippen LogP) is 17.7. The lowest BCUT2D eigenvalue weighted by atomic mass is 9.82. The van der Waals surface area contributed by atoms with E-state index in [1.54, 1.807) is 0 Å². The molecule has 0 saturated heterocycles. The molecule has 1 aromatic heterocycles. The molecule has 1 aliphatic rings. The maximum absolute atomic E-state index is 6.77. The van der Waals surface area contributed by atoms with E-state index >= 15 is 0 Å². The van der Waals surface area contributed by atoms with E-state index < -0.39 is 0 Å². The summed E-state index contributed by atoms with van der Waals surface area (Å²) in [4.78, 5) is 2.51. The van der Waals surface area contributed by atoms with Crippen molar-refractivity contribution in [2.45, 2.75) is 19.3 Å². The number of hydrogen-bond acceptors (Lipinski definition) is 2. The van der Waals surface area contributed by atoms with E-state index in [0.717, 1.165) is 66.8 Å². The van der Waals surface area contributed by atoms with Crippen LogP contribution in [-0.4, -0.2) is 0 Å². The molecule has 0 unspecified atom stereocenters. The average molecular weight is 832 g/mol. The van der Waals surface area contributed by atoms with Gasteiger partial charge in [0.1, 0.15) is 11.2 Å². The van der Waals surface area contributed by atoms with Crippen molar-refractivity contribution < 1.29 is 4.42 Å². The smallest absolute Gasteiger partial charge is 0.143 e. The van der Waals surface area contributed by atoms with Crippen molar-refractivity contribution in [1.29, 1.82) is 0 Å². The molecule has 0 fully saturated rings. The van der Waals surface area contributed by atoms with Crippen LogP contribution < -0.4 is 4.90 Å². The third-order valence-corrected chi connectivity index (χ3v) is 13.5. The first-order valence-electron chi connectivity index (χ1n) is 22.5. The van der Waals surface area contributed by atoms with E-state index in [1.165, 1.54) is 50.1 Å². The Morgan fingerprint density at radius 2 is 0.723 bits per heavy atom. The standard InChI is InChI=1S/C63H45NO/c1-63(2)55-36-15-10-32-54(55)61-51(33-21-37-56(61)63)48-29-12-17-39-58(48)64(59-40-18-13-30-49(59)52-34-20-35-53-50-31-14-19-41-60(50)65-62(52)53)57-38-16-11-28-47(57)46-27-9-8-26-45(46)44-25-7-6-24-43(44)42-22-4-3-5-23-42/h3-41H,1-2H3. The number of fused-ring (bicyclic) bond motifs is 6. The molecule has 2 heteroatoms. The Labute approximate surface area is 380 Å². The maximum atomic E-state index is 6.77. The summed E-state index contributed by atoms with van der Waals surface area (Å²) in [5, 5.41) is 2.22. The minimum absolute atomic E-state index is 0.138. The third kappa shape index (κ3) is 6.25. The molecule has 0 atom stereocenters. The predicted molar refractivity (Wildman–Crippen MR) is 273 cm³/mol. The highest BCUT2D eigenvalue weighted by Crippen LogP contribution is 2.55. The molecule has 10 aromatic carbocycles. The first-order valence-corrected chi connectivity index (χ1v) is 22.5. The van der Waals surface area contributed by atoms with Crippen LogP contribution in [0, 0.1) is 0 Å². The van der Waals surface area contributed by atoms with Gasteiger partial charge in [0.15, 0.2) is 0 Å². The minimum Gasteiger partial charge on any atom is -0.455 e. The quantitative estimate of drug-likeness (QED) is 0.152. The van der Waals surface area contributed by atoms with Gasteiger partial charge < -0.3 is 9.32 Å². The van der Waals surface area contributed by atoms with Crippen LogP contribution in [0.2, 0.25) is 0 Å². The highest BCUT2D eigenvalue weighted by atomic mass is 16.3. The summed E-state index contributed by atoms with van der Waals surface area (Å²) in [7, 11) is 0. The fourth-order valence-electron chi connectivity index (χ4n) is 10.6. The Balaban J connectivity index is 1.14. The van der Waals surface area contributed by atoms with Crippen LogP contribution in [0.5, 0.6) is 0 Å². The molecule has 0 aliphatic heterocycles. The fraction of sp³-hybridized carbons (Fsp3) is 0.0476. The van der Waals surface area contributed by atoms with Crippen molar-refractivity contribution in [2.75, 3.05) is 4.90 Å². The molecule has 0 amide bonds. The van der Waals surface area contributed by atoms with Crippen molar-refractivity contribution in [2.24, 2.45) is 0 Å². The van der Waals surface area contributed by atoms with Crippen molar-refractivity contribution in [3.8, 4) is 66.8 Å². The van der Waals surface area contributed by atoms with E-state index in [4.69, 9.17) is 4.42 Å². The zero-order valence-corrected chi connectivity index (χ0v) is 36.4. The Morgan fingerprint density at radius 3 is 1.40 bits per heavy atom. The van der Waals surface area contributed by atoms with Gasteiger partial charge in [0.2, 0.25) is 0 Å². The van der Waals surface area contributed by atoms with Crippen LogP contribution in [0.25, 0.3) is 88.7 Å². The first kappa shape index (κ1) is 38.5. The summed E-state index contributed by atoms with van der Waals surface area (Å²) in [6.45, 7) is 4.72. The fourth-order valence-corrected chi connectivity index (χ4v) is 10.6. The number of anilines is 3. The van der Waals surface area contributed by atoms with Crippen molar-refractivity contribution in [3.05, 3.63) is 248 Å². The molecule has 65 heavy (non-hydrogen) atoms. The van der Waals surface area contributed by atoms with Crippen LogP contribution in [0.15, 0.2) is 241 Å². The van der Waals surface area contributed by atoms with Crippen LogP contribution >= 0.6 is 0 Å². The third-order valence-electron chi connectivity index (χ3n) is 13.5. The van der Waals surface area contributed by atoms with Crippen LogP contribution in [0.4, 0.5) is 17.1 Å². The molecule has 0 N–H and O–H groups in total. The van der Waals surface area contributed by atoms with Gasteiger partial charge in [0.25, 0.3) is 0 Å². The van der Waals surface area contributed by atoms with Gasteiger partial charge in [0, 0.05) is 38.4 Å². The molecule has 0 radical (unpaired) electrons. The average Bonchev–Trinajstić information content (AvgIpc) is 3.87. The maximum Gasteiger partial charge on any atom is 0.143 e. The van der Waals surface area contributed by atoms with Gasteiger partial charge in [-0.25, -0.2) is 0 Å². The summed E-state index contributed by atoms with van der Waals surface area (Å²) in [6, 6.07) is 85.9. The van der Waals surface area contributed by atoms with E-state index in [9.17, 15) is 0 Å². The van der Waals surface area contributed by atoms with Gasteiger partial charge in [0.05, 0.1) is 17.1 Å². The summed E-state index contributed by atoms with van der Waals surface area (Å²) in [5.74, 6) is 0. The molecular formula is C63H45NO. The summed E-state index contributed by atoms with van der Waals surface area (Å²) >= 11 is 0. The summed E-state index contributed by atoms with van der Waals surface area (Å²) in [6.07, 6.45) is 0. The highest BCUT2D eigenvalue weighted by Gasteiger charge is 2.37. The molecule has 0 spiro atoms. The largest absolute Gasteiger partial charge is 0.455 e. The molecule has 11 aromatic rings. The molecule has 308 valence electrons. The lowest BCUT2D eigenvalue weighted by Crippen LogP contribution is -2.15. The zero-order chi connectivity index (χ0) is 43.5. The van der Waals surface area contributed by atoms with Gasteiger partial charge in [-0.05, 0) is 79.9 Å². The Morgan fingerprint density at radius 1 is 0.308 bits per heavy atom. The molecule has 1 aliphatic carbocycles. The van der Waals surface area contributed by atoms with Crippen LogP contribution in [-0.2, 0) is 5.41 Å².